The zero-order valence-corrected chi connectivity index (χ0v) is 16.9. The molecule has 0 fully saturated rings. The summed E-state index contributed by atoms with van der Waals surface area (Å²) in [6.07, 6.45) is 0.938. The van der Waals surface area contributed by atoms with Gasteiger partial charge < -0.3 is 10.1 Å². The van der Waals surface area contributed by atoms with Gasteiger partial charge in [0.05, 0.1) is 0 Å². The minimum absolute atomic E-state index is 0.318. The van der Waals surface area contributed by atoms with Crippen LogP contribution in [0.3, 0.4) is 0 Å². The number of aryl methyl sites for hydroxylation is 1. The smallest absolute Gasteiger partial charge is 0.243 e. The van der Waals surface area contributed by atoms with E-state index >= 15 is 0 Å². The Morgan fingerprint density at radius 3 is 2.59 bits per heavy atom. The zero-order chi connectivity index (χ0) is 19.2. The van der Waals surface area contributed by atoms with Gasteiger partial charge in [0.2, 0.25) is 5.95 Å². The van der Waals surface area contributed by atoms with Crippen molar-refractivity contribution in [2.75, 3.05) is 5.32 Å². The Morgan fingerprint density at radius 1 is 1.04 bits per heavy atom. The zero-order valence-electron chi connectivity index (χ0n) is 14.6. The highest BCUT2D eigenvalue weighted by Crippen LogP contribution is 2.27. The molecule has 0 atom stereocenters. The van der Waals surface area contributed by atoms with Crippen LogP contribution in [0, 0.1) is 0 Å². The number of benzene rings is 2. The van der Waals surface area contributed by atoms with E-state index in [1.807, 2.05) is 18.2 Å². The summed E-state index contributed by atoms with van der Waals surface area (Å²) in [5, 5.41) is 16.7. The fourth-order valence-electron chi connectivity index (χ4n) is 2.49. The summed E-state index contributed by atoms with van der Waals surface area (Å²) in [7, 11) is 0. The largest absolute Gasteiger partial charge is 0.488 e. The van der Waals surface area contributed by atoms with E-state index in [4.69, 9.17) is 39.5 Å². The van der Waals surface area contributed by atoms with Gasteiger partial charge >= 0.3 is 0 Å². The Bertz CT molecular complexity index is 916. The van der Waals surface area contributed by atoms with Crippen LogP contribution in [0.1, 0.15) is 24.5 Å². The van der Waals surface area contributed by atoms with Crippen molar-refractivity contribution < 1.29 is 4.74 Å². The molecule has 142 valence electrons. The molecule has 0 amide bonds. The van der Waals surface area contributed by atoms with Gasteiger partial charge in [-0.05, 0) is 47.2 Å². The third kappa shape index (κ3) is 5.25. The van der Waals surface area contributed by atoms with E-state index in [9.17, 15) is 0 Å². The third-order valence-electron chi connectivity index (χ3n) is 3.83. The number of nitrogens with zero attached hydrogens (tertiary/aromatic N) is 4. The monoisotopic (exact) mass is 425 g/mol. The molecule has 9 heteroatoms. The molecule has 0 aliphatic carbocycles. The maximum atomic E-state index is 6.21. The molecule has 0 unspecified atom stereocenters. The molecule has 0 aliphatic rings. The molecule has 0 saturated carbocycles. The van der Waals surface area contributed by atoms with Crippen molar-refractivity contribution in [3.8, 4) is 5.75 Å². The average Bonchev–Trinajstić information content (AvgIpc) is 3.08. The van der Waals surface area contributed by atoms with E-state index in [0.717, 1.165) is 24.1 Å². The molecule has 27 heavy (non-hydrogen) atoms. The van der Waals surface area contributed by atoms with Gasteiger partial charge in [-0.15, -0.1) is 0 Å². The second kappa shape index (κ2) is 9.26. The molecule has 0 aliphatic heterocycles. The summed E-state index contributed by atoms with van der Waals surface area (Å²) < 4.78 is 7.68. The predicted molar refractivity (Wildman–Crippen MR) is 108 cm³/mol. The quantitative estimate of drug-likeness (QED) is 0.534. The van der Waals surface area contributed by atoms with E-state index in [1.54, 1.807) is 22.9 Å². The second-order valence-electron chi connectivity index (χ2n) is 5.86. The molecular formula is C18H18Cl3N5O. The number of tetrazole rings is 1. The summed E-state index contributed by atoms with van der Waals surface area (Å²) in [5.74, 6) is 1.30. The molecule has 1 N–H and O–H groups in total. The van der Waals surface area contributed by atoms with E-state index < -0.39 is 0 Å². The van der Waals surface area contributed by atoms with Crippen molar-refractivity contribution >= 4 is 40.8 Å². The minimum atomic E-state index is 0.318. The van der Waals surface area contributed by atoms with Gasteiger partial charge in [-0.1, -0.05) is 52.9 Å². The number of hydrogen-bond acceptors (Lipinski definition) is 5. The van der Waals surface area contributed by atoms with Crippen molar-refractivity contribution in [1.29, 1.82) is 0 Å². The normalized spacial score (nSPS) is 10.8. The topological polar surface area (TPSA) is 64.9 Å². The summed E-state index contributed by atoms with van der Waals surface area (Å²) in [4.78, 5) is 0. The van der Waals surface area contributed by atoms with Crippen LogP contribution in [0.25, 0.3) is 0 Å². The van der Waals surface area contributed by atoms with Crippen LogP contribution in [0.15, 0.2) is 36.4 Å². The first-order valence-electron chi connectivity index (χ1n) is 8.42. The number of rotatable bonds is 8. The highest BCUT2D eigenvalue weighted by atomic mass is 35.5. The Kier molecular flexibility index (Phi) is 6.77. The molecular weight excluding hydrogens is 409 g/mol. The van der Waals surface area contributed by atoms with E-state index in [1.165, 1.54) is 0 Å². The number of ether oxygens (including phenoxy) is 1. The van der Waals surface area contributed by atoms with Crippen molar-refractivity contribution in [1.82, 2.24) is 20.2 Å². The second-order valence-corrected chi connectivity index (χ2v) is 7.14. The summed E-state index contributed by atoms with van der Waals surface area (Å²) in [6.45, 7) is 3.59. The van der Waals surface area contributed by atoms with Crippen LogP contribution >= 0.6 is 34.8 Å². The minimum Gasteiger partial charge on any atom is -0.488 e. The lowest BCUT2D eigenvalue weighted by Gasteiger charge is -2.14. The van der Waals surface area contributed by atoms with Gasteiger partial charge in [-0.3, -0.25) is 0 Å². The Morgan fingerprint density at radius 2 is 1.81 bits per heavy atom. The van der Waals surface area contributed by atoms with Gasteiger partial charge in [0.25, 0.3) is 0 Å². The lowest BCUT2D eigenvalue weighted by atomic mass is 10.2. The number of hydrogen-bond donors (Lipinski definition) is 1. The van der Waals surface area contributed by atoms with Crippen molar-refractivity contribution in [3.63, 3.8) is 0 Å². The van der Waals surface area contributed by atoms with Crippen LogP contribution in [-0.4, -0.2) is 20.2 Å². The molecule has 2 aromatic carbocycles. The van der Waals surface area contributed by atoms with Crippen molar-refractivity contribution in [2.45, 2.75) is 33.0 Å². The maximum Gasteiger partial charge on any atom is 0.243 e. The highest BCUT2D eigenvalue weighted by Gasteiger charge is 2.10. The van der Waals surface area contributed by atoms with Gasteiger partial charge in [0.15, 0.2) is 0 Å². The first kappa shape index (κ1) is 19.7. The maximum absolute atomic E-state index is 6.21. The number of nitrogens with one attached hydrogen (secondary N) is 1. The predicted octanol–water partition coefficient (Wildman–Crippen LogP) is 5.23. The van der Waals surface area contributed by atoms with Gasteiger partial charge in [-0.2, -0.15) is 0 Å². The lowest BCUT2D eigenvalue weighted by molar-refractivity contribution is 0.303. The van der Waals surface area contributed by atoms with E-state index in [2.05, 4.69) is 27.8 Å². The molecule has 1 heterocycles. The number of anilines is 1. The molecule has 6 nitrogen and oxygen atoms in total. The molecule has 3 aromatic rings. The number of halogens is 3. The molecule has 0 bridgehead atoms. The molecule has 0 radical (unpaired) electrons. The Hall–Kier alpha value is -2.02. The highest BCUT2D eigenvalue weighted by molar-refractivity contribution is 6.35. The van der Waals surface area contributed by atoms with Crippen LogP contribution < -0.4 is 10.1 Å². The molecule has 0 saturated heterocycles. The van der Waals surface area contributed by atoms with Crippen LogP contribution in [0.2, 0.25) is 15.1 Å². The van der Waals surface area contributed by atoms with Crippen molar-refractivity contribution in [3.05, 3.63) is 62.6 Å². The van der Waals surface area contributed by atoms with Crippen LogP contribution in [-0.2, 0) is 19.7 Å². The van der Waals surface area contributed by atoms with E-state index in [-0.39, 0.29) is 0 Å². The fourth-order valence-corrected chi connectivity index (χ4v) is 3.15. The van der Waals surface area contributed by atoms with Gasteiger partial charge in [0.1, 0.15) is 12.4 Å². The Labute approximate surface area is 172 Å². The summed E-state index contributed by atoms with van der Waals surface area (Å²) in [6, 6.07) is 10.8. The molecule has 1 aromatic heterocycles. The SMILES string of the molecule is CCCn1nnnc1NCc1cc(Cl)ccc1OCc1ccc(Cl)cc1Cl. The van der Waals surface area contributed by atoms with Crippen molar-refractivity contribution in [2.24, 2.45) is 0 Å². The van der Waals surface area contributed by atoms with E-state index in [0.29, 0.717) is 39.9 Å². The Balaban J connectivity index is 1.71. The van der Waals surface area contributed by atoms with Crippen LogP contribution in [0.5, 0.6) is 5.75 Å². The first-order chi connectivity index (χ1) is 13.1. The molecule has 3 rings (SSSR count). The molecule has 0 spiro atoms. The third-order valence-corrected chi connectivity index (χ3v) is 4.65. The fraction of sp³-hybridized carbons (Fsp3) is 0.278. The average molecular weight is 427 g/mol. The van der Waals surface area contributed by atoms with Gasteiger partial charge in [0, 0.05) is 39.3 Å². The summed E-state index contributed by atoms with van der Waals surface area (Å²) >= 11 is 18.3. The standard InChI is InChI=1S/C18H18Cl3N5O/c1-2-7-26-18(23-24-25-26)22-10-13-8-14(19)5-6-17(13)27-11-12-3-4-15(20)9-16(12)21/h3-6,8-9H,2,7,10-11H2,1H3,(H,22,23,25). The first-order valence-corrected chi connectivity index (χ1v) is 9.55. The van der Waals surface area contributed by atoms with Crippen LogP contribution in [0.4, 0.5) is 5.95 Å². The lowest BCUT2D eigenvalue weighted by Crippen LogP contribution is -2.10. The van der Waals surface area contributed by atoms with Gasteiger partial charge in [-0.25, -0.2) is 4.68 Å². The number of aromatic nitrogens is 4. The summed E-state index contributed by atoms with van der Waals surface area (Å²) in [5.41, 5.74) is 1.74.